The topological polar surface area (TPSA) is 20.2 Å². The van der Waals surface area contributed by atoms with Crippen molar-refractivity contribution in [1.29, 1.82) is 0 Å². The van der Waals surface area contributed by atoms with Gasteiger partial charge in [-0.05, 0) is 32.3 Å². The number of hydrogen-bond donors (Lipinski definition) is 1. The second-order valence-corrected chi connectivity index (χ2v) is 2.78. The van der Waals surface area contributed by atoms with Gasteiger partial charge in [-0.15, -0.1) is 0 Å². The molecule has 0 bridgehead atoms. The third-order valence-electron chi connectivity index (χ3n) is 1.92. The largest absolute Gasteiger partial charge is 0.385 e. The summed E-state index contributed by atoms with van der Waals surface area (Å²) >= 11 is 0. The maximum absolute atomic E-state index is 9.60. The number of allylic oxidation sites excluding steroid dienone is 2. The Bertz CT molecular complexity index is 173. The molecule has 1 saturated carbocycles. The summed E-state index contributed by atoms with van der Waals surface area (Å²) in [6.07, 6.45) is 7.78. The summed E-state index contributed by atoms with van der Waals surface area (Å²) in [5.41, 5.74) is 0.608. The predicted octanol–water partition coefficient (Wildman–Crippen LogP) is 2.03. The second kappa shape index (κ2) is 2.59. The second-order valence-electron chi connectivity index (χ2n) is 2.78. The molecule has 0 spiro atoms. The Morgan fingerprint density at radius 2 is 2.00 bits per heavy atom. The minimum Gasteiger partial charge on any atom is -0.385 e. The molecule has 56 valence electrons. The quantitative estimate of drug-likeness (QED) is 0.579. The van der Waals surface area contributed by atoms with E-state index in [1.807, 2.05) is 32.1 Å². The van der Waals surface area contributed by atoms with Gasteiger partial charge >= 0.3 is 0 Å². The molecule has 0 atom stereocenters. The summed E-state index contributed by atoms with van der Waals surface area (Å²) < 4.78 is 0. The van der Waals surface area contributed by atoms with E-state index in [4.69, 9.17) is 0 Å². The molecule has 1 aliphatic rings. The molecule has 0 heterocycles. The number of rotatable bonds is 2. The van der Waals surface area contributed by atoms with E-state index in [2.05, 4.69) is 0 Å². The first-order valence-corrected chi connectivity index (χ1v) is 3.75. The Balaban J connectivity index is 2.67. The van der Waals surface area contributed by atoms with Crippen molar-refractivity contribution in [2.24, 2.45) is 0 Å². The summed E-state index contributed by atoms with van der Waals surface area (Å²) in [6.45, 7) is 3.93. The van der Waals surface area contributed by atoms with Crippen molar-refractivity contribution in [3.63, 3.8) is 0 Å². The van der Waals surface area contributed by atoms with Crippen LogP contribution < -0.4 is 0 Å². The lowest BCUT2D eigenvalue weighted by atomic mass is 10.1. The van der Waals surface area contributed by atoms with Crippen LogP contribution in [0.4, 0.5) is 0 Å². The van der Waals surface area contributed by atoms with Crippen molar-refractivity contribution >= 4 is 0 Å². The van der Waals surface area contributed by atoms with E-state index in [1.165, 1.54) is 0 Å². The average Bonchev–Trinajstić information content (AvgIpc) is 2.64. The molecule has 10 heavy (non-hydrogen) atoms. The highest BCUT2D eigenvalue weighted by atomic mass is 16.3. The van der Waals surface area contributed by atoms with Crippen molar-refractivity contribution in [2.75, 3.05) is 0 Å². The van der Waals surface area contributed by atoms with Gasteiger partial charge < -0.3 is 5.11 Å². The highest BCUT2D eigenvalue weighted by Gasteiger charge is 2.42. The van der Waals surface area contributed by atoms with Gasteiger partial charge in [-0.2, -0.15) is 0 Å². The van der Waals surface area contributed by atoms with Crippen LogP contribution in [0.3, 0.4) is 0 Å². The minimum atomic E-state index is -0.457. The fraction of sp³-hybridized carbons (Fsp3) is 0.556. The SMILES string of the molecule is C/C=C\C(=C/C)C1(O)CC1. The summed E-state index contributed by atoms with van der Waals surface area (Å²) in [6, 6.07) is 0. The molecule has 1 aliphatic carbocycles. The van der Waals surface area contributed by atoms with Crippen molar-refractivity contribution in [3.8, 4) is 0 Å². The zero-order valence-corrected chi connectivity index (χ0v) is 6.59. The average molecular weight is 138 g/mol. The highest BCUT2D eigenvalue weighted by molar-refractivity contribution is 5.33. The molecule has 1 rings (SSSR count). The Kier molecular flexibility index (Phi) is 1.95. The molecule has 0 aromatic carbocycles. The van der Waals surface area contributed by atoms with Crippen molar-refractivity contribution in [1.82, 2.24) is 0 Å². The van der Waals surface area contributed by atoms with Crippen molar-refractivity contribution in [3.05, 3.63) is 23.8 Å². The van der Waals surface area contributed by atoms with Crippen LogP contribution in [-0.4, -0.2) is 10.7 Å². The van der Waals surface area contributed by atoms with Crippen LogP contribution in [-0.2, 0) is 0 Å². The minimum absolute atomic E-state index is 0.457. The maximum Gasteiger partial charge on any atom is 0.0895 e. The number of hydrogen-bond acceptors (Lipinski definition) is 1. The van der Waals surface area contributed by atoms with Crippen LogP contribution in [0.2, 0.25) is 0 Å². The lowest BCUT2D eigenvalue weighted by Gasteiger charge is -2.06. The summed E-state index contributed by atoms with van der Waals surface area (Å²) in [5, 5.41) is 9.60. The van der Waals surface area contributed by atoms with Gasteiger partial charge in [0, 0.05) is 0 Å². The molecule has 0 unspecified atom stereocenters. The molecule has 0 saturated heterocycles. The molecule has 0 amide bonds. The zero-order chi connectivity index (χ0) is 7.61. The Morgan fingerprint density at radius 3 is 2.30 bits per heavy atom. The predicted molar refractivity (Wildman–Crippen MR) is 42.8 cm³/mol. The van der Waals surface area contributed by atoms with Crippen LogP contribution >= 0.6 is 0 Å². The van der Waals surface area contributed by atoms with Crippen molar-refractivity contribution in [2.45, 2.75) is 32.3 Å². The Hall–Kier alpha value is -0.560. The number of aliphatic hydroxyl groups is 1. The van der Waals surface area contributed by atoms with E-state index in [9.17, 15) is 5.11 Å². The van der Waals surface area contributed by atoms with Gasteiger partial charge in [0.2, 0.25) is 0 Å². The van der Waals surface area contributed by atoms with Crippen molar-refractivity contribution < 1.29 is 5.11 Å². The molecular weight excluding hydrogens is 124 g/mol. The first kappa shape index (κ1) is 7.55. The molecule has 1 N–H and O–H groups in total. The summed E-state index contributed by atoms with van der Waals surface area (Å²) in [7, 11) is 0. The first-order chi connectivity index (χ1) is 4.73. The Labute approximate surface area is 62.1 Å². The van der Waals surface area contributed by atoms with E-state index in [1.54, 1.807) is 0 Å². The third kappa shape index (κ3) is 1.29. The smallest absolute Gasteiger partial charge is 0.0895 e. The molecule has 0 aliphatic heterocycles. The van der Waals surface area contributed by atoms with E-state index in [0.717, 1.165) is 18.4 Å². The van der Waals surface area contributed by atoms with Crippen LogP contribution in [0, 0.1) is 0 Å². The fourth-order valence-corrected chi connectivity index (χ4v) is 1.11. The van der Waals surface area contributed by atoms with E-state index in [0.29, 0.717) is 0 Å². The molecule has 1 heteroatoms. The third-order valence-corrected chi connectivity index (χ3v) is 1.92. The van der Waals surface area contributed by atoms with Gasteiger partial charge in [-0.3, -0.25) is 0 Å². The summed E-state index contributed by atoms with van der Waals surface area (Å²) in [4.78, 5) is 0. The van der Waals surface area contributed by atoms with Crippen LogP contribution in [0.1, 0.15) is 26.7 Å². The normalized spacial score (nSPS) is 23.7. The first-order valence-electron chi connectivity index (χ1n) is 3.75. The van der Waals surface area contributed by atoms with Crippen LogP contribution in [0.25, 0.3) is 0 Å². The summed E-state index contributed by atoms with van der Waals surface area (Å²) in [5.74, 6) is 0. The molecule has 0 radical (unpaired) electrons. The van der Waals surface area contributed by atoms with Gasteiger partial charge in [0.15, 0.2) is 0 Å². The zero-order valence-electron chi connectivity index (χ0n) is 6.59. The molecular formula is C9H14O. The molecule has 1 nitrogen and oxygen atoms in total. The van der Waals surface area contributed by atoms with Gasteiger partial charge in [0.1, 0.15) is 0 Å². The van der Waals surface area contributed by atoms with Gasteiger partial charge in [0.25, 0.3) is 0 Å². The molecule has 0 aromatic rings. The lowest BCUT2D eigenvalue weighted by Crippen LogP contribution is -2.08. The molecule has 0 aromatic heterocycles. The monoisotopic (exact) mass is 138 g/mol. The standard InChI is InChI=1S/C9H14O/c1-3-5-8(4-2)9(10)6-7-9/h3-5,10H,6-7H2,1-2H3/b5-3-,8-4+. The van der Waals surface area contributed by atoms with E-state index < -0.39 is 5.60 Å². The van der Waals surface area contributed by atoms with Gasteiger partial charge in [-0.1, -0.05) is 18.2 Å². The molecule has 1 fully saturated rings. The Morgan fingerprint density at radius 1 is 1.40 bits per heavy atom. The maximum atomic E-state index is 9.60. The highest BCUT2D eigenvalue weighted by Crippen LogP contribution is 2.42. The van der Waals surface area contributed by atoms with Crippen LogP contribution in [0.5, 0.6) is 0 Å². The van der Waals surface area contributed by atoms with E-state index >= 15 is 0 Å². The van der Waals surface area contributed by atoms with Gasteiger partial charge in [-0.25, -0.2) is 0 Å². The van der Waals surface area contributed by atoms with Crippen LogP contribution in [0.15, 0.2) is 23.8 Å². The fourth-order valence-electron chi connectivity index (χ4n) is 1.11. The van der Waals surface area contributed by atoms with E-state index in [-0.39, 0.29) is 0 Å². The van der Waals surface area contributed by atoms with Gasteiger partial charge in [0.05, 0.1) is 5.60 Å². The lowest BCUT2D eigenvalue weighted by molar-refractivity contribution is 0.193.